The molecule has 0 aromatic carbocycles. The van der Waals surface area contributed by atoms with Crippen LogP contribution >= 0.6 is 0 Å². The molecular weight excluding hydrogens is 525 g/mol. The van der Waals surface area contributed by atoms with Gasteiger partial charge in [0.15, 0.2) is 0 Å². The number of hydrogen-bond acceptors (Lipinski definition) is 2. The van der Waals surface area contributed by atoms with Crippen molar-refractivity contribution < 1.29 is 92.9 Å². The predicted molar refractivity (Wildman–Crippen MR) is 56.5 cm³/mol. The summed E-state index contributed by atoms with van der Waals surface area (Å²) in [6, 6.07) is 0. The van der Waals surface area contributed by atoms with E-state index in [4.69, 9.17) is 0 Å². The van der Waals surface area contributed by atoms with E-state index in [-0.39, 0.29) is 0 Å². The quantitative estimate of drug-likeness (QED) is 0.411. The molecule has 0 aliphatic heterocycles. The van der Waals surface area contributed by atoms with Crippen LogP contribution in [0.2, 0.25) is 0 Å². The van der Waals surface area contributed by atoms with E-state index in [9.17, 15) is 83.4 Å². The molecule has 0 bridgehead atoms. The third kappa shape index (κ3) is 2.77. The molecule has 0 amide bonds. The monoisotopic (exact) mass is 528 g/mol. The Morgan fingerprint density at radius 1 is 0.531 bits per heavy atom. The first-order valence-electron chi connectivity index (χ1n) is 6.86. The molecule has 2 nitrogen and oxygen atoms in total. The van der Waals surface area contributed by atoms with Crippen molar-refractivity contribution in [1.82, 2.24) is 0 Å². The second kappa shape index (κ2) is 6.59. The summed E-state index contributed by atoms with van der Waals surface area (Å²) in [6.45, 7) is 0. The molecule has 1 rings (SSSR count). The van der Waals surface area contributed by atoms with Gasteiger partial charge in [0.25, 0.3) is 0 Å². The molecule has 32 heavy (non-hydrogen) atoms. The van der Waals surface area contributed by atoms with Gasteiger partial charge in [0, 0.05) is 7.11 Å². The van der Waals surface area contributed by atoms with Crippen LogP contribution in [0.3, 0.4) is 0 Å². The number of methoxy groups -OCH3 is 1. The van der Waals surface area contributed by atoms with E-state index >= 15 is 0 Å². The summed E-state index contributed by atoms with van der Waals surface area (Å²) in [5.41, 5.74) is -8.02. The summed E-state index contributed by atoms with van der Waals surface area (Å²) in [6.07, 6.45) is -22.9. The van der Waals surface area contributed by atoms with E-state index in [0.717, 1.165) is 0 Å². The lowest BCUT2D eigenvalue weighted by Crippen LogP contribution is -2.89. The van der Waals surface area contributed by atoms with Gasteiger partial charge < -0.3 is 4.74 Å². The Labute approximate surface area is 161 Å². The molecule has 0 unspecified atom stereocenters. The molecule has 0 aromatic rings. The molecule has 0 saturated heterocycles. The lowest BCUT2D eigenvalue weighted by molar-refractivity contribution is -0.570. The number of hydrogen-bond donors (Lipinski definition) is 0. The fourth-order valence-electron chi connectivity index (χ4n) is 2.27. The van der Waals surface area contributed by atoms with Gasteiger partial charge in [-0.05, 0) is 0 Å². The number of alkyl halides is 19. The summed E-state index contributed by atoms with van der Waals surface area (Å²) >= 11 is 0. The van der Waals surface area contributed by atoms with Gasteiger partial charge in [-0.2, -0.15) is 79.0 Å². The molecule has 1 aliphatic rings. The Bertz CT molecular complexity index is 708. The van der Waals surface area contributed by atoms with Crippen molar-refractivity contribution >= 4 is 0 Å². The second-order valence-corrected chi connectivity index (χ2v) is 5.96. The third-order valence-electron chi connectivity index (χ3n) is 4.11. The van der Waals surface area contributed by atoms with E-state index in [1.807, 2.05) is 0 Å². The molecule has 0 aromatic heterocycles. The maximum Gasteiger partial charge on any atom is 0.462 e. The SMILES string of the molecule is COC(F)(F)C1(F)C(F)(F)C(F)(F)C(F)(OC(F)(F)C(F)(F)C(F)(F)F)C(F)(F)C1(F)F. The first-order chi connectivity index (χ1) is 13.5. The fraction of sp³-hybridized carbons (Fsp3) is 1.00. The summed E-state index contributed by atoms with van der Waals surface area (Å²) < 4.78 is 255. The smallest absolute Gasteiger partial charge is 0.321 e. The highest BCUT2D eigenvalue weighted by Gasteiger charge is 3.06. The molecule has 21 heteroatoms. The van der Waals surface area contributed by atoms with Crippen LogP contribution in [0.4, 0.5) is 83.4 Å². The van der Waals surface area contributed by atoms with Gasteiger partial charge in [0.1, 0.15) is 0 Å². The standard InChI is InChI=1S/C11H3F19O2/c1-31-10(27,28)2(12)3(13,14)5(17,18)8(23,6(19,20)4(2,15)16)32-11(29,30)7(21,22)9(24,25)26/h1H3. The lowest BCUT2D eigenvalue weighted by Gasteiger charge is -2.55. The molecule has 1 saturated carbocycles. The van der Waals surface area contributed by atoms with E-state index in [0.29, 0.717) is 0 Å². The highest BCUT2D eigenvalue weighted by atomic mass is 19.4. The van der Waals surface area contributed by atoms with Crippen molar-refractivity contribution in [3.63, 3.8) is 0 Å². The zero-order valence-electron chi connectivity index (χ0n) is 14.0. The van der Waals surface area contributed by atoms with Crippen LogP contribution in [0.5, 0.6) is 0 Å². The minimum absolute atomic E-state index is 0.713. The first kappa shape index (κ1) is 28.6. The molecule has 1 fully saturated rings. The van der Waals surface area contributed by atoms with Gasteiger partial charge in [-0.15, -0.1) is 0 Å². The van der Waals surface area contributed by atoms with Gasteiger partial charge in [-0.25, -0.2) is 4.39 Å². The lowest BCUT2D eigenvalue weighted by atomic mass is 9.70. The highest BCUT2D eigenvalue weighted by molar-refractivity contribution is 5.29. The van der Waals surface area contributed by atoms with Crippen LogP contribution in [0.15, 0.2) is 0 Å². The molecule has 0 N–H and O–H groups in total. The summed E-state index contributed by atoms with van der Waals surface area (Å²) in [5, 5.41) is 0. The Balaban J connectivity index is 4.00. The highest BCUT2D eigenvalue weighted by Crippen LogP contribution is 2.73. The molecule has 0 atom stereocenters. The van der Waals surface area contributed by atoms with Crippen molar-refractivity contribution in [2.45, 2.75) is 59.5 Å². The van der Waals surface area contributed by atoms with Gasteiger partial charge in [0.05, 0.1) is 0 Å². The normalized spacial score (nSPS) is 32.6. The third-order valence-corrected chi connectivity index (χ3v) is 4.11. The molecule has 0 spiro atoms. The van der Waals surface area contributed by atoms with Crippen LogP contribution in [-0.2, 0) is 9.47 Å². The van der Waals surface area contributed by atoms with Crippen molar-refractivity contribution in [2.75, 3.05) is 7.11 Å². The molecular formula is C11H3F19O2. The van der Waals surface area contributed by atoms with Crippen molar-refractivity contribution in [3.8, 4) is 0 Å². The summed E-state index contributed by atoms with van der Waals surface area (Å²) in [5.74, 6) is -49.8. The average Bonchev–Trinajstić information content (AvgIpc) is 2.57. The van der Waals surface area contributed by atoms with Crippen LogP contribution in [0, 0.1) is 0 Å². The summed E-state index contributed by atoms with van der Waals surface area (Å²) in [4.78, 5) is 0. The van der Waals surface area contributed by atoms with E-state index in [2.05, 4.69) is 4.74 Å². The largest absolute Gasteiger partial charge is 0.462 e. The number of rotatable bonds is 5. The number of halogens is 19. The van der Waals surface area contributed by atoms with Crippen molar-refractivity contribution in [1.29, 1.82) is 0 Å². The zero-order chi connectivity index (χ0) is 26.4. The average molecular weight is 528 g/mol. The first-order valence-corrected chi connectivity index (χ1v) is 6.86. The Morgan fingerprint density at radius 3 is 1.09 bits per heavy atom. The van der Waals surface area contributed by atoms with Crippen molar-refractivity contribution in [2.24, 2.45) is 0 Å². The Morgan fingerprint density at radius 2 is 0.844 bits per heavy atom. The van der Waals surface area contributed by atoms with E-state index in [1.54, 1.807) is 0 Å². The van der Waals surface area contributed by atoms with Crippen LogP contribution in [-0.4, -0.2) is 66.6 Å². The maximum atomic E-state index is 14.1. The van der Waals surface area contributed by atoms with Crippen LogP contribution in [0.25, 0.3) is 0 Å². The Kier molecular flexibility index (Phi) is 5.89. The van der Waals surface area contributed by atoms with Gasteiger partial charge in [-0.1, -0.05) is 0 Å². The molecule has 0 heterocycles. The minimum Gasteiger partial charge on any atom is -0.321 e. The van der Waals surface area contributed by atoms with Gasteiger partial charge in [0.2, 0.25) is 0 Å². The second-order valence-electron chi connectivity index (χ2n) is 5.96. The van der Waals surface area contributed by atoms with Crippen LogP contribution in [0.1, 0.15) is 0 Å². The Hall–Kier alpha value is -1.41. The predicted octanol–water partition coefficient (Wildman–Crippen LogP) is 5.96. The van der Waals surface area contributed by atoms with E-state index in [1.165, 1.54) is 4.74 Å². The number of ether oxygens (including phenoxy) is 2. The topological polar surface area (TPSA) is 18.5 Å². The molecule has 0 radical (unpaired) electrons. The minimum atomic E-state index is -8.41. The van der Waals surface area contributed by atoms with Crippen molar-refractivity contribution in [3.05, 3.63) is 0 Å². The zero-order valence-corrected chi connectivity index (χ0v) is 14.0. The molecule has 1 aliphatic carbocycles. The van der Waals surface area contributed by atoms with E-state index < -0.39 is 66.6 Å². The van der Waals surface area contributed by atoms with Gasteiger partial charge >= 0.3 is 59.5 Å². The molecule has 192 valence electrons. The van der Waals surface area contributed by atoms with Crippen LogP contribution < -0.4 is 0 Å². The van der Waals surface area contributed by atoms with Gasteiger partial charge in [-0.3, -0.25) is 4.74 Å². The summed E-state index contributed by atoms with van der Waals surface area (Å²) in [7, 11) is -0.713. The maximum absolute atomic E-state index is 14.1. The fourth-order valence-corrected chi connectivity index (χ4v) is 2.27.